The molecule has 27 heavy (non-hydrogen) atoms. The molecule has 0 aromatic heterocycles. The predicted molar refractivity (Wildman–Crippen MR) is 104 cm³/mol. The molecule has 0 radical (unpaired) electrons. The summed E-state index contributed by atoms with van der Waals surface area (Å²) in [6.45, 7) is 1.94. The van der Waals surface area contributed by atoms with Gasteiger partial charge in [-0.2, -0.15) is 0 Å². The highest BCUT2D eigenvalue weighted by Crippen LogP contribution is 2.26. The molecule has 1 atom stereocenters. The third-order valence-electron chi connectivity index (χ3n) is 4.47. The highest BCUT2D eigenvalue weighted by Gasteiger charge is 2.36. The predicted octanol–water partition coefficient (Wildman–Crippen LogP) is 2.99. The fraction of sp³-hybridized carbons (Fsp3) is 0.263. The quantitative estimate of drug-likeness (QED) is 0.846. The number of benzene rings is 2. The molecule has 1 saturated heterocycles. The molecule has 0 saturated carbocycles. The van der Waals surface area contributed by atoms with Gasteiger partial charge in [0.25, 0.3) is 5.91 Å². The number of nitrogens with zero attached hydrogens (tertiary/aromatic N) is 1. The van der Waals surface area contributed by atoms with Crippen molar-refractivity contribution in [1.29, 1.82) is 0 Å². The number of halogens is 1. The summed E-state index contributed by atoms with van der Waals surface area (Å²) in [5, 5.41) is 2.47. The van der Waals surface area contributed by atoms with Gasteiger partial charge in [0.1, 0.15) is 0 Å². The van der Waals surface area contributed by atoms with Crippen molar-refractivity contribution in [1.82, 2.24) is 4.90 Å². The Morgan fingerprint density at radius 3 is 2.30 bits per heavy atom. The van der Waals surface area contributed by atoms with Gasteiger partial charge in [0.2, 0.25) is 5.91 Å². The summed E-state index contributed by atoms with van der Waals surface area (Å²) < 4.78 is 25.6. The molecule has 1 N–H and O–H groups in total. The number of hydrogen-bond acceptors (Lipinski definition) is 4. The van der Waals surface area contributed by atoms with Crippen LogP contribution in [0.5, 0.6) is 0 Å². The van der Waals surface area contributed by atoms with Crippen molar-refractivity contribution in [3.05, 3.63) is 59.1 Å². The average Bonchev–Trinajstić information content (AvgIpc) is 3.12. The summed E-state index contributed by atoms with van der Waals surface area (Å²) in [5.74, 6) is -0.415. The Morgan fingerprint density at radius 2 is 1.70 bits per heavy atom. The van der Waals surface area contributed by atoms with Crippen LogP contribution in [-0.4, -0.2) is 43.5 Å². The molecule has 1 unspecified atom stereocenters. The summed E-state index contributed by atoms with van der Waals surface area (Å²) in [5.41, 5.74) is 1.05. The first-order valence-electron chi connectivity index (χ1n) is 8.44. The second-order valence-electron chi connectivity index (χ2n) is 6.42. The van der Waals surface area contributed by atoms with Crippen LogP contribution in [-0.2, 0) is 14.6 Å². The Labute approximate surface area is 163 Å². The van der Waals surface area contributed by atoms with Crippen LogP contribution < -0.4 is 5.32 Å². The van der Waals surface area contributed by atoms with Crippen molar-refractivity contribution in [3.8, 4) is 0 Å². The maximum Gasteiger partial charge on any atom is 0.253 e. The van der Waals surface area contributed by atoms with Crippen molar-refractivity contribution in [2.75, 3.05) is 18.4 Å². The van der Waals surface area contributed by atoms with Crippen LogP contribution in [0.15, 0.2) is 53.4 Å². The lowest BCUT2D eigenvalue weighted by atomic mass is 10.2. The molecular weight excluding hydrogens is 388 g/mol. The number of rotatable bonds is 4. The zero-order chi connectivity index (χ0) is 19.6. The van der Waals surface area contributed by atoms with Gasteiger partial charge in [-0.25, -0.2) is 8.42 Å². The SMILES string of the molecule is CC(=O)Nc1ccc(C(=O)N2CCC(S(=O)(=O)c3ccc(Cl)cc3)C2)cc1. The van der Waals surface area contributed by atoms with Crippen LogP contribution in [0.3, 0.4) is 0 Å². The van der Waals surface area contributed by atoms with Crippen molar-refractivity contribution in [2.24, 2.45) is 0 Å². The van der Waals surface area contributed by atoms with E-state index in [0.717, 1.165) is 0 Å². The minimum absolute atomic E-state index is 0.150. The fourth-order valence-electron chi connectivity index (χ4n) is 3.06. The van der Waals surface area contributed by atoms with Gasteiger partial charge in [0.05, 0.1) is 10.1 Å². The fourth-order valence-corrected chi connectivity index (χ4v) is 4.88. The summed E-state index contributed by atoms with van der Waals surface area (Å²) >= 11 is 5.82. The van der Waals surface area contributed by atoms with Crippen molar-refractivity contribution in [2.45, 2.75) is 23.5 Å². The number of likely N-dealkylation sites (tertiary alicyclic amines) is 1. The summed E-state index contributed by atoms with van der Waals surface area (Å²) in [4.78, 5) is 25.5. The van der Waals surface area contributed by atoms with E-state index < -0.39 is 15.1 Å². The first-order valence-corrected chi connectivity index (χ1v) is 10.4. The van der Waals surface area contributed by atoms with Gasteiger partial charge in [0.15, 0.2) is 9.84 Å². The molecule has 6 nitrogen and oxygen atoms in total. The molecule has 2 aromatic rings. The van der Waals surface area contributed by atoms with Crippen LogP contribution in [0.4, 0.5) is 5.69 Å². The van der Waals surface area contributed by atoms with Crippen LogP contribution in [0.2, 0.25) is 5.02 Å². The van der Waals surface area contributed by atoms with E-state index in [2.05, 4.69) is 5.32 Å². The lowest BCUT2D eigenvalue weighted by molar-refractivity contribution is -0.114. The molecule has 142 valence electrons. The van der Waals surface area contributed by atoms with Crippen LogP contribution in [0, 0.1) is 0 Å². The number of carbonyl (C=O) groups is 2. The number of amides is 2. The Bertz CT molecular complexity index is 956. The van der Waals surface area contributed by atoms with E-state index in [-0.39, 0.29) is 23.3 Å². The Balaban J connectivity index is 1.70. The van der Waals surface area contributed by atoms with E-state index in [1.165, 1.54) is 19.1 Å². The molecule has 1 aliphatic heterocycles. The van der Waals surface area contributed by atoms with E-state index in [4.69, 9.17) is 11.6 Å². The monoisotopic (exact) mass is 406 g/mol. The third-order valence-corrected chi connectivity index (χ3v) is 6.91. The largest absolute Gasteiger partial charge is 0.337 e. The van der Waals surface area contributed by atoms with Gasteiger partial charge in [-0.1, -0.05) is 11.6 Å². The van der Waals surface area contributed by atoms with Crippen LogP contribution >= 0.6 is 11.6 Å². The molecular formula is C19H19ClN2O4S. The van der Waals surface area contributed by atoms with Gasteiger partial charge in [-0.3, -0.25) is 9.59 Å². The smallest absolute Gasteiger partial charge is 0.253 e. The van der Waals surface area contributed by atoms with Crippen molar-refractivity contribution in [3.63, 3.8) is 0 Å². The molecule has 2 amide bonds. The summed E-state index contributed by atoms with van der Waals surface area (Å²) in [6.07, 6.45) is 0.390. The maximum atomic E-state index is 12.8. The lowest BCUT2D eigenvalue weighted by Gasteiger charge is -2.17. The Morgan fingerprint density at radius 1 is 1.07 bits per heavy atom. The normalized spacial score (nSPS) is 17.0. The van der Waals surface area contributed by atoms with E-state index in [1.54, 1.807) is 41.3 Å². The minimum atomic E-state index is -3.52. The van der Waals surface area contributed by atoms with Gasteiger partial charge < -0.3 is 10.2 Å². The molecule has 1 aliphatic rings. The van der Waals surface area contributed by atoms with Crippen molar-refractivity contribution < 1.29 is 18.0 Å². The maximum absolute atomic E-state index is 12.8. The van der Waals surface area contributed by atoms with E-state index in [1.807, 2.05) is 0 Å². The second kappa shape index (κ2) is 7.70. The van der Waals surface area contributed by atoms with E-state index in [0.29, 0.717) is 29.2 Å². The molecule has 1 heterocycles. The molecule has 0 bridgehead atoms. The molecule has 3 rings (SSSR count). The lowest BCUT2D eigenvalue weighted by Crippen LogP contribution is -2.31. The van der Waals surface area contributed by atoms with E-state index in [9.17, 15) is 18.0 Å². The topological polar surface area (TPSA) is 83.6 Å². The number of hydrogen-bond donors (Lipinski definition) is 1. The second-order valence-corrected chi connectivity index (χ2v) is 9.08. The Kier molecular flexibility index (Phi) is 5.53. The summed E-state index contributed by atoms with van der Waals surface area (Å²) in [7, 11) is -3.52. The zero-order valence-electron chi connectivity index (χ0n) is 14.7. The zero-order valence-corrected chi connectivity index (χ0v) is 16.3. The molecule has 2 aromatic carbocycles. The third kappa shape index (κ3) is 4.31. The number of anilines is 1. The van der Waals surface area contributed by atoms with Gasteiger partial charge in [0, 0.05) is 36.3 Å². The molecule has 0 aliphatic carbocycles. The van der Waals surface area contributed by atoms with Gasteiger partial charge >= 0.3 is 0 Å². The number of nitrogens with one attached hydrogen (secondary N) is 1. The van der Waals surface area contributed by atoms with Gasteiger partial charge in [-0.05, 0) is 55.0 Å². The number of carbonyl (C=O) groups excluding carboxylic acids is 2. The highest BCUT2D eigenvalue weighted by atomic mass is 35.5. The first kappa shape index (κ1) is 19.4. The van der Waals surface area contributed by atoms with Gasteiger partial charge in [-0.15, -0.1) is 0 Å². The average molecular weight is 407 g/mol. The first-order chi connectivity index (χ1) is 12.8. The minimum Gasteiger partial charge on any atom is -0.337 e. The standard InChI is InChI=1S/C19H19ClN2O4S/c1-13(23)21-16-6-2-14(3-7-16)19(24)22-11-10-18(12-22)27(25,26)17-8-4-15(20)5-9-17/h2-9,18H,10-12H2,1H3,(H,21,23). The molecule has 1 fully saturated rings. The highest BCUT2D eigenvalue weighted by molar-refractivity contribution is 7.92. The van der Waals surface area contributed by atoms with Crippen LogP contribution in [0.25, 0.3) is 0 Å². The van der Waals surface area contributed by atoms with Crippen molar-refractivity contribution >= 4 is 38.9 Å². The number of sulfone groups is 1. The molecule has 8 heteroatoms. The Hall–Kier alpha value is -2.38. The summed E-state index contributed by atoms with van der Waals surface area (Å²) in [6, 6.07) is 12.6. The van der Waals surface area contributed by atoms with Crippen LogP contribution in [0.1, 0.15) is 23.7 Å². The van der Waals surface area contributed by atoms with E-state index >= 15 is 0 Å². The molecule has 0 spiro atoms.